The second kappa shape index (κ2) is 22.3. The van der Waals surface area contributed by atoms with E-state index in [4.69, 9.17) is 23.9 Å². The molecule has 2 N–H and O–H groups in total. The van der Waals surface area contributed by atoms with Gasteiger partial charge in [-0.15, -0.1) is 13.2 Å². The standard InChI is InChI=1S/2C23H31N3O4.C2H6/c1-6-7-12-29-18-14-16(2)13-17(15-18)19-24-20(27)23(25-19)8-10-26(11-9-23)21(28)30-22(3,4)5;1-6-7-12-29-19-14-17(2)13-18(15-19)20(27)25-23(16-24)8-10-26(11-9-23)21(28)30-22(3,4)5;1-2/h6,13-15H,1,7-12H2,2-5H3,(H,24,25,27);6,13-15H,1,7-12H2,2-5H3,(H,25,27);1-2H3. The Morgan fingerprint density at radius 2 is 1.26 bits per heavy atom. The maximum Gasteiger partial charge on any atom is 0.410 e. The predicted molar refractivity (Wildman–Crippen MR) is 242 cm³/mol. The number of nitrogens with zero attached hydrogens (tertiary/aromatic N) is 4. The quantitative estimate of drug-likeness (QED) is 0.166. The highest BCUT2D eigenvalue weighted by atomic mass is 16.6. The molecule has 14 nitrogen and oxygen atoms in total. The minimum Gasteiger partial charge on any atom is -0.493 e. The van der Waals surface area contributed by atoms with E-state index in [1.54, 1.807) is 28.0 Å². The minimum absolute atomic E-state index is 0.114. The molecular formula is C48H68N6O8. The Bertz CT molecular complexity index is 1970. The molecule has 4 amide bonds. The second-order valence-electron chi connectivity index (χ2n) is 17.5. The van der Waals surface area contributed by atoms with E-state index in [0.29, 0.717) is 88.6 Å². The van der Waals surface area contributed by atoms with E-state index in [1.165, 1.54) is 0 Å². The molecule has 0 saturated carbocycles. The Hall–Kier alpha value is -5.84. The molecule has 2 saturated heterocycles. The van der Waals surface area contributed by atoms with Crippen LogP contribution in [0.1, 0.15) is 121 Å². The van der Waals surface area contributed by atoms with E-state index >= 15 is 0 Å². The smallest absolute Gasteiger partial charge is 0.410 e. The fourth-order valence-corrected chi connectivity index (χ4v) is 6.78. The molecule has 3 aliphatic rings. The topological polar surface area (TPSA) is 172 Å². The van der Waals surface area contributed by atoms with Crippen molar-refractivity contribution in [3.05, 3.63) is 84.0 Å². The van der Waals surface area contributed by atoms with Crippen LogP contribution >= 0.6 is 0 Å². The summed E-state index contributed by atoms with van der Waals surface area (Å²) in [5, 5.41) is 15.6. The van der Waals surface area contributed by atoms with Gasteiger partial charge < -0.3 is 39.4 Å². The highest BCUT2D eigenvalue weighted by Crippen LogP contribution is 2.33. The van der Waals surface area contributed by atoms with Gasteiger partial charge in [-0.05, 0) is 129 Å². The molecule has 5 rings (SSSR count). The Kier molecular flexibility index (Phi) is 18.2. The molecule has 2 fully saturated rings. The van der Waals surface area contributed by atoms with Gasteiger partial charge >= 0.3 is 12.2 Å². The number of ether oxygens (including phenoxy) is 4. The van der Waals surface area contributed by atoms with Crippen molar-refractivity contribution in [2.75, 3.05) is 39.4 Å². The third-order valence-electron chi connectivity index (χ3n) is 9.88. The normalized spacial score (nSPS) is 16.4. The number of benzene rings is 2. The number of hydrogen-bond acceptors (Lipinski definition) is 10. The molecule has 0 aliphatic carbocycles. The number of hydrogen-bond donors (Lipinski definition) is 2. The van der Waals surface area contributed by atoms with Crippen LogP contribution in [0.4, 0.5) is 9.59 Å². The molecule has 0 unspecified atom stereocenters. The number of aliphatic imine (C=N–C) groups is 1. The summed E-state index contributed by atoms with van der Waals surface area (Å²) in [6.45, 7) is 28.8. The fraction of sp³-hybridized carbons (Fsp3) is 0.542. The van der Waals surface area contributed by atoms with Crippen LogP contribution in [0.25, 0.3) is 0 Å². The third-order valence-corrected chi connectivity index (χ3v) is 9.88. The van der Waals surface area contributed by atoms with E-state index in [1.807, 2.05) is 99.6 Å². The van der Waals surface area contributed by atoms with Gasteiger partial charge in [0.25, 0.3) is 11.8 Å². The number of piperidine rings is 2. The monoisotopic (exact) mass is 857 g/mol. The van der Waals surface area contributed by atoms with Gasteiger partial charge in [0, 0.05) is 50.1 Å². The summed E-state index contributed by atoms with van der Waals surface area (Å²) in [4.78, 5) is 58.3. The van der Waals surface area contributed by atoms with Crippen LogP contribution in [0, 0.1) is 25.2 Å². The maximum absolute atomic E-state index is 12.9. The lowest BCUT2D eigenvalue weighted by Gasteiger charge is -2.38. The van der Waals surface area contributed by atoms with Gasteiger partial charge in [-0.25, -0.2) is 9.59 Å². The molecule has 2 aromatic carbocycles. The maximum atomic E-state index is 12.9. The Morgan fingerprint density at radius 3 is 1.73 bits per heavy atom. The largest absolute Gasteiger partial charge is 0.493 e. The SMILES string of the molecule is C=CCCOc1cc(C)cc(C(=O)NC2(C#N)CCN(C(=O)OC(C)(C)C)CC2)c1.C=CCCOc1cc(C)cc(C2=NC3(CCN(C(=O)OC(C)(C)C)CC3)C(=O)N2)c1.CC. The molecule has 0 atom stereocenters. The van der Waals surface area contributed by atoms with Crippen LogP contribution in [0.2, 0.25) is 0 Å². The Morgan fingerprint density at radius 1 is 0.790 bits per heavy atom. The first kappa shape index (κ1) is 50.5. The second-order valence-corrected chi connectivity index (χ2v) is 17.5. The van der Waals surface area contributed by atoms with Gasteiger partial charge in [0.15, 0.2) is 0 Å². The highest BCUT2D eigenvalue weighted by Gasteiger charge is 2.47. The van der Waals surface area contributed by atoms with Gasteiger partial charge in [0.2, 0.25) is 0 Å². The lowest BCUT2D eigenvalue weighted by molar-refractivity contribution is -0.125. The molecule has 62 heavy (non-hydrogen) atoms. The summed E-state index contributed by atoms with van der Waals surface area (Å²) in [7, 11) is 0. The number of aryl methyl sites for hydroxylation is 2. The summed E-state index contributed by atoms with van der Waals surface area (Å²) in [6.07, 6.45) is 5.91. The summed E-state index contributed by atoms with van der Waals surface area (Å²) in [6, 6.07) is 13.4. The van der Waals surface area contributed by atoms with Crippen LogP contribution in [0.15, 0.2) is 66.7 Å². The molecule has 1 spiro atoms. The van der Waals surface area contributed by atoms with Crippen molar-refractivity contribution in [2.45, 2.75) is 130 Å². The van der Waals surface area contributed by atoms with Crippen LogP contribution < -0.4 is 20.1 Å². The first-order valence-electron chi connectivity index (χ1n) is 21.5. The van der Waals surface area contributed by atoms with Crippen LogP contribution in [0.5, 0.6) is 11.5 Å². The van der Waals surface area contributed by atoms with Crippen molar-refractivity contribution in [3.63, 3.8) is 0 Å². The number of rotatable bonds is 11. The highest BCUT2D eigenvalue weighted by molar-refractivity contribution is 6.15. The number of carbonyl (C=O) groups excluding carboxylic acids is 4. The van der Waals surface area contributed by atoms with Gasteiger partial charge in [-0.2, -0.15) is 5.26 Å². The van der Waals surface area contributed by atoms with Gasteiger partial charge in [0.05, 0.1) is 19.3 Å². The number of nitriles is 1. The van der Waals surface area contributed by atoms with Gasteiger partial charge in [0.1, 0.15) is 39.6 Å². The zero-order valence-electron chi connectivity index (χ0n) is 38.6. The van der Waals surface area contributed by atoms with Crippen molar-refractivity contribution < 1.29 is 38.1 Å². The van der Waals surface area contributed by atoms with Crippen molar-refractivity contribution in [3.8, 4) is 17.6 Å². The van der Waals surface area contributed by atoms with Gasteiger partial charge in [-0.3, -0.25) is 14.6 Å². The number of amidine groups is 1. The van der Waals surface area contributed by atoms with Crippen LogP contribution in [-0.2, 0) is 14.3 Å². The lowest BCUT2D eigenvalue weighted by Crippen LogP contribution is -2.55. The Labute approximate surface area is 368 Å². The molecule has 338 valence electrons. The van der Waals surface area contributed by atoms with E-state index < -0.39 is 28.4 Å². The Balaban J connectivity index is 0.000000318. The first-order valence-corrected chi connectivity index (χ1v) is 21.5. The summed E-state index contributed by atoms with van der Waals surface area (Å²) < 4.78 is 22.3. The number of amides is 4. The summed E-state index contributed by atoms with van der Waals surface area (Å²) in [5.74, 6) is 1.46. The predicted octanol–water partition coefficient (Wildman–Crippen LogP) is 8.60. The zero-order chi connectivity index (χ0) is 46.3. The van der Waals surface area contributed by atoms with E-state index in [2.05, 4.69) is 29.9 Å². The van der Waals surface area contributed by atoms with Crippen LogP contribution in [0.3, 0.4) is 0 Å². The van der Waals surface area contributed by atoms with E-state index in [9.17, 15) is 24.4 Å². The van der Waals surface area contributed by atoms with Gasteiger partial charge in [-0.1, -0.05) is 26.0 Å². The minimum atomic E-state index is -1.02. The molecule has 0 radical (unpaired) electrons. The molecule has 3 heterocycles. The molecule has 0 bridgehead atoms. The first-order chi connectivity index (χ1) is 29.2. The third kappa shape index (κ3) is 15.0. The van der Waals surface area contributed by atoms with Crippen molar-refractivity contribution in [1.82, 2.24) is 20.4 Å². The molecular weight excluding hydrogens is 789 g/mol. The summed E-state index contributed by atoms with van der Waals surface area (Å²) >= 11 is 0. The van der Waals surface area contributed by atoms with E-state index in [-0.39, 0.29) is 17.9 Å². The molecule has 0 aromatic heterocycles. The average Bonchev–Trinajstić information content (AvgIpc) is 3.52. The number of likely N-dealkylation sites (tertiary alicyclic amines) is 2. The molecule has 3 aliphatic heterocycles. The number of carbonyl (C=O) groups is 4. The number of nitrogens with one attached hydrogen (secondary N) is 2. The van der Waals surface area contributed by atoms with Crippen molar-refractivity contribution in [2.24, 2.45) is 4.99 Å². The van der Waals surface area contributed by atoms with Crippen molar-refractivity contribution in [1.29, 1.82) is 5.26 Å². The van der Waals surface area contributed by atoms with Crippen LogP contribution in [-0.4, -0.2) is 101 Å². The molecule has 14 heteroatoms. The van der Waals surface area contributed by atoms with Crippen molar-refractivity contribution >= 4 is 29.8 Å². The lowest BCUT2D eigenvalue weighted by atomic mass is 9.88. The summed E-state index contributed by atoms with van der Waals surface area (Å²) in [5.41, 5.74) is 0.201. The zero-order valence-corrected chi connectivity index (χ0v) is 38.6. The fourth-order valence-electron chi connectivity index (χ4n) is 6.78. The molecule has 2 aromatic rings. The average molecular weight is 857 g/mol. The van der Waals surface area contributed by atoms with E-state index in [0.717, 1.165) is 28.9 Å².